The molecule has 1 aliphatic heterocycles. The lowest BCUT2D eigenvalue weighted by Crippen LogP contribution is -2.40. The Morgan fingerprint density at radius 2 is 2.17 bits per heavy atom. The smallest absolute Gasteiger partial charge is 0.276 e. The van der Waals surface area contributed by atoms with E-state index >= 15 is 0 Å². The van der Waals surface area contributed by atoms with Gasteiger partial charge in [0.15, 0.2) is 11.6 Å². The van der Waals surface area contributed by atoms with Crippen LogP contribution in [0.3, 0.4) is 0 Å². The number of aromatic nitrogens is 3. The molecule has 0 radical (unpaired) electrons. The summed E-state index contributed by atoms with van der Waals surface area (Å²) >= 11 is 0. The van der Waals surface area contributed by atoms with E-state index < -0.39 is 0 Å². The van der Waals surface area contributed by atoms with Gasteiger partial charge in [0, 0.05) is 25.5 Å². The van der Waals surface area contributed by atoms with Crippen molar-refractivity contribution in [2.24, 2.45) is 0 Å². The number of nitrogens with zero attached hydrogens (tertiary/aromatic N) is 4. The number of hydrogen-bond acceptors (Lipinski definition) is 5. The minimum absolute atomic E-state index is 0.0332. The first kappa shape index (κ1) is 15.1. The van der Waals surface area contributed by atoms with E-state index in [-0.39, 0.29) is 17.5 Å². The third-order valence-corrected chi connectivity index (χ3v) is 4.74. The number of rotatable bonds is 4. The van der Waals surface area contributed by atoms with Crippen LogP contribution in [0.4, 0.5) is 0 Å². The lowest BCUT2D eigenvalue weighted by Gasteiger charge is -2.24. The summed E-state index contributed by atoms with van der Waals surface area (Å²) in [6, 6.07) is 3.38. The first-order chi connectivity index (χ1) is 11.6. The zero-order chi connectivity index (χ0) is 16.7. The molecule has 2 aromatic rings. The van der Waals surface area contributed by atoms with E-state index in [1.807, 2.05) is 6.07 Å². The van der Waals surface area contributed by atoms with Crippen molar-refractivity contribution >= 4 is 5.91 Å². The summed E-state index contributed by atoms with van der Waals surface area (Å²) in [5.74, 6) is 0.834. The molecule has 2 aliphatic rings. The fourth-order valence-corrected chi connectivity index (χ4v) is 3.29. The first-order valence-corrected chi connectivity index (χ1v) is 8.43. The number of amides is 1. The zero-order valence-corrected chi connectivity index (χ0v) is 13.6. The minimum Gasteiger partial charge on any atom is -0.448 e. The third-order valence-electron chi connectivity index (χ3n) is 4.74. The quantitative estimate of drug-likeness (QED) is 0.853. The number of hydrogen-bond donors (Lipinski definition) is 0. The van der Waals surface area contributed by atoms with E-state index in [0.717, 1.165) is 31.4 Å². The average molecular weight is 328 g/mol. The number of likely N-dealkylation sites (tertiary alicyclic amines) is 1. The predicted molar refractivity (Wildman–Crippen MR) is 85.8 cm³/mol. The van der Waals surface area contributed by atoms with Gasteiger partial charge in [-0.15, -0.1) is 0 Å². The summed E-state index contributed by atoms with van der Waals surface area (Å²) in [5, 5.41) is 4.50. The summed E-state index contributed by atoms with van der Waals surface area (Å²) < 4.78 is 6.65. The second-order valence-corrected chi connectivity index (χ2v) is 6.60. The zero-order valence-electron chi connectivity index (χ0n) is 13.6. The van der Waals surface area contributed by atoms with Gasteiger partial charge in [-0.2, -0.15) is 5.10 Å². The van der Waals surface area contributed by atoms with E-state index in [2.05, 4.69) is 10.1 Å². The van der Waals surface area contributed by atoms with E-state index in [9.17, 15) is 9.59 Å². The van der Waals surface area contributed by atoms with Crippen molar-refractivity contribution in [3.63, 3.8) is 0 Å². The molecule has 7 heteroatoms. The molecule has 24 heavy (non-hydrogen) atoms. The maximum absolute atomic E-state index is 12.6. The molecule has 126 valence electrons. The van der Waals surface area contributed by atoms with E-state index in [1.165, 1.54) is 10.9 Å². The maximum Gasteiger partial charge on any atom is 0.276 e. The van der Waals surface area contributed by atoms with Crippen molar-refractivity contribution in [2.45, 2.75) is 51.1 Å². The Morgan fingerprint density at radius 1 is 1.33 bits per heavy atom. The predicted octanol–water partition coefficient (Wildman–Crippen LogP) is 1.72. The first-order valence-electron chi connectivity index (χ1n) is 8.43. The maximum atomic E-state index is 12.6. The van der Waals surface area contributed by atoms with Crippen LogP contribution in [0.15, 0.2) is 27.6 Å². The molecule has 3 heterocycles. The van der Waals surface area contributed by atoms with Gasteiger partial charge in [-0.25, -0.2) is 9.67 Å². The summed E-state index contributed by atoms with van der Waals surface area (Å²) in [6.07, 6.45) is 5.47. The molecule has 2 aromatic heterocycles. The van der Waals surface area contributed by atoms with Crippen LogP contribution < -0.4 is 5.56 Å². The molecule has 0 N–H and O–H groups in total. The monoisotopic (exact) mass is 328 g/mol. The average Bonchev–Trinajstić information content (AvgIpc) is 3.17. The van der Waals surface area contributed by atoms with E-state index in [1.54, 1.807) is 17.9 Å². The Hall–Kier alpha value is -2.44. The van der Waals surface area contributed by atoms with Crippen LogP contribution in [0.2, 0.25) is 0 Å². The van der Waals surface area contributed by atoms with Crippen molar-refractivity contribution in [3.05, 3.63) is 46.0 Å². The lowest BCUT2D eigenvalue weighted by atomic mass is 10.2. The van der Waals surface area contributed by atoms with Crippen molar-refractivity contribution < 1.29 is 9.21 Å². The van der Waals surface area contributed by atoms with Gasteiger partial charge in [-0.1, -0.05) is 0 Å². The highest BCUT2D eigenvalue weighted by Gasteiger charge is 2.32. The van der Waals surface area contributed by atoms with Gasteiger partial charge in [-0.3, -0.25) is 9.59 Å². The number of oxazole rings is 1. The molecular formula is C17H20N4O3. The van der Waals surface area contributed by atoms with Crippen LogP contribution >= 0.6 is 0 Å². The molecule has 4 rings (SSSR count). The molecule has 1 aliphatic carbocycles. The van der Waals surface area contributed by atoms with Gasteiger partial charge < -0.3 is 9.32 Å². The lowest BCUT2D eigenvalue weighted by molar-refractivity contribution is 0.0714. The van der Waals surface area contributed by atoms with E-state index in [4.69, 9.17) is 4.42 Å². The fourth-order valence-electron chi connectivity index (χ4n) is 3.29. The number of carbonyl (C=O) groups is 1. The van der Waals surface area contributed by atoms with Gasteiger partial charge in [0.05, 0.1) is 18.3 Å². The van der Waals surface area contributed by atoms with Crippen molar-refractivity contribution in [2.75, 3.05) is 6.54 Å². The van der Waals surface area contributed by atoms with Gasteiger partial charge >= 0.3 is 0 Å². The van der Waals surface area contributed by atoms with Crippen molar-refractivity contribution in [3.8, 4) is 0 Å². The van der Waals surface area contributed by atoms with Crippen LogP contribution in [-0.4, -0.2) is 38.2 Å². The van der Waals surface area contributed by atoms with E-state index in [0.29, 0.717) is 30.6 Å². The molecule has 0 bridgehead atoms. The Balaban J connectivity index is 1.54. The summed E-state index contributed by atoms with van der Waals surface area (Å²) in [4.78, 5) is 30.7. The molecular weight excluding hydrogens is 308 g/mol. The molecule has 1 amide bonds. The normalized spacial score (nSPS) is 20.5. The summed E-state index contributed by atoms with van der Waals surface area (Å²) in [7, 11) is 0. The molecule has 0 spiro atoms. The highest BCUT2D eigenvalue weighted by atomic mass is 16.3. The van der Waals surface area contributed by atoms with Crippen molar-refractivity contribution in [1.82, 2.24) is 19.7 Å². The molecule has 0 aromatic carbocycles. The van der Waals surface area contributed by atoms with Gasteiger partial charge in [0.2, 0.25) is 0 Å². The molecule has 1 unspecified atom stereocenters. The molecule has 1 saturated heterocycles. The Labute approximate surface area is 139 Å². The Kier molecular flexibility index (Phi) is 3.70. The topological polar surface area (TPSA) is 81.2 Å². The van der Waals surface area contributed by atoms with Gasteiger partial charge in [0.25, 0.3) is 11.5 Å². The molecule has 1 atom stereocenters. The largest absolute Gasteiger partial charge is 0.448 e. The highest BCUT2D eigenvalue weighted by molar-refractivity contribution is 5.92. The third kappa shape index (κ3) is 2.86. The Bertz CT molecular complexity index is 821. The van der Waals surface area contributed by atoms with Crippen LogP contribution in [0.5, 0.6) is 0 Å². The standard InChI is InChI=1S/C17H20N4O3/c1-11-18-15(10-24-11)17(23)20-8-2-3-13(20)9-21-16(22)7-6-14(19-21)12-4-5-12/h6-7,10,12-13H,2-5,8-9H2,1H3. The van der Waals surface area contributed by atoms with Crippen LogP contribution in [-0.2, 0) is 6.54 Å². The van der Waals surface area contributed by atoms with Crippen LogP contribution in [0.25, 0.3) is 0 Å². The summed E-state index contributed by atoms with van der Waals surface area (Å²) in [5.41, 5.74) is 1.19. The second kappa shape index (κ2) is 5.89. The fraction of sp³-hybridized carbons (Fsp3) is 0.529. The van der Waals surface area contributed by atoms with Gasteiger partial charge in [-0.05, 0) is 31.7 Å². The Morgan fingerprint density at radius 3 is 2.88 bits per heavy atom. The molecule has 2 fully saturated rings. The van der Waals surface area contributed by atoms with Crippen molar-refractivity contribution in [1.29, 1.82) is 0 Å². The molecule has 7 nitrogen and oxygen atoms in total. The SMILES string of the molecule is Cc1nc(C(=O)N2CCCC2Cn2nc(C3CC3)ccc2=O)co1. The summed E-state index contributed by atoms with van der Waals surface area (Å²) in [6.45, 7) is 2.82. The number of carbonyl (C=O) groups excluding carboxylic acids is 1. The van der Waals surface area contributed by atoms with Crippen LogP contribution in [0.1, 0.15) is 53.7 Å². The van der Waals surface area contributed by atoms with Gasteiger partial charge in [0.1, 0.15) is 6.26 Å². The second-order valence-electron chi connectivity index (χ2n) is 6.60. The molecule has 1 saturated carbocycles. The highest BCUT2D eigenvalue weighted by Crippen LogP contribution is 2.38. The number of aryl methyl sites for hydroxylation is 1. The minimum atomic E-state index is -0.138. The van der Waals surface area contributed by atoms with Crippen LogP contribution in [0, 0.1) is 6.92 Å².